The molecule has 0 aromatic heterocycles. The van der Waals surface area contributed by atoms with Crippen molar-refractivity contribution < 1.29 is 4.92 Å². The molecule has 6 heteroatoms. The zero-order valence-electron chi connectivity index (χ0n) is 11.1. The third kappa shape index (κ3) is 2.10. The van der Waals surface area contributed by atoms with Crippen LogP contribution in [0.5, 0.6) is 0 Å². The highest BCUT2D eigenvalue weighted by Crippen LogP contribution is 2.36. The van der Waals surface area contributed by atoms with Gasteiger partial charge in [0.25, 0.3) is 0 Å². The van der Waals surface area contributed by atoms with Crippen molar-refractivity contribution in [1.29, 1.82) is 5.26 Å². The van der Waals surface area contributed by atoms with Crippen LogP contribution in [-0.4, -0.2) is 31.1 Å². The Hall–Kier alpha value is -2.13. The summed E-state index contributed by atoms with van der Waals surface area (Å²) in [5.41, 5.74) is 0.665. The van der Waals surface area contributed by atoms with Crippen LogP contribution in [0.1, 0.15) is 12.0 Å². The lowest BCUT2D eigenvalue weighted by Crippen LogP contribution is -2.40. The number of rotatable bonds is 2. The zero-order chi connectivity index (χ0) is 14.1. The number of piperidine rings is 1. The fourth-order valence-electron chi connectivity index (χ4n) is 3.32. The van der Waals surface area contributed by atoms with E-state index in [0.717, 1.165) is 32.6 Å². The number of hydrogen-bond donors (Lipinski definition) is 1. The molecule has 2 aliphatic heterocycles. The van der Waals surface area contributed by atoms with Crippen LogP contribution < -0.4 is 10.2 Å². The molecule has 0 bridgehead atoms. The highest BCUT2D eigenvalue weighted by atomic mass is 16.6. The number of nitrogens with zero attached hydrogens (tertiary/aromatic N) is 3. The quantitative estimate of drug-likeness (QED) is 0.652. The van der Waals surface area contributed by atoms with Crippen molar-refractivity contribution in [3.8, 4) is 6.07 Å². The summed E-state index contributed by atoms with van der Waals surface area (Å²) in [5, 5.41) is 23.7. The van der Waals surface area contributed by atoms with E-state index >= 15 is 0 Å². The van der Waals surface area contributed by atoms with Crippen molar-refractivity contribution in [1.82, 2.24) is 5.32 Å². The van der Waals surface area contributed by atoms with Gasteiger partial charge >= 0.3 is 5.69 Å². The van der Waals surface area contributed by atoms with Gasteiger partial charge in [0.1, 0.15) is 17.3 Å². The first kappa shape index (κ1) is 12.9. The van der Waals surface area contributed by atoms with Gasteiger partial charge in [0, 0.05) is 13.1 Å². The fraction of sp³-hybridized carbons (Fsp3) is 0.500. The van der Waals surface area contributed by atoms with Crippen molar-refractivity contribution in [2.75, 3.05) is 31.1 Å². The number of nitriles is 1. The monoisotopic (exact) mass is 272 g/mol. The third-order valence-electron chi connectivity index (χ3n) is 4.36. The number of nitrogens with one attached hydrogen (secondary N) is 1. The summed E-state index contributed by atoms with van der Waals surface area (Å²) in [5.74, 6) is 1.23. The van der Waals surface area contributed by atoms with Crippen molar-refractivity contribution in [2.45, 2.75) is 6.42 Å². The molecule has 2 heterocycles. The van der Waals surface area contributed by atoms with Crippen molar-refractivity contribution in [3.05, 3.63) is 33.9 Å². The van der Waals surface area contributed by atoms with Crippen molar-refractivity contribution in [2.24, 2.45) is 11.8 Å². The fourth-order valence-corrected chi connectivity index (χ4v) is 3.32. The number of fused-ring (bicyclic) bond motifs is 1. The minimum Gasteiger partial charge on any atom is -0.366 e. The Labute approximate surface area is 117 Å². The van der Waals surface area contributed by atoms with E-state index in [-0.39, 0.29) is 11.3 Å². The second-order valence-corrected chi connectivity index (χ2v) is 5.46. The summed E-state index contributed by atoms with van der Waals surface area (Å²) in [6.45, 7) is 3.68. The summed E-state index contributed by atoms with van der Waals surface area (Å²) in [6, 6.07) is 6.90. The van der Waals surface area contributed by atoms with Gasteiger partial charge in [-0.3, -0.25) is 10.1 Å². The van der Waals surface area contributed by atoms with Crippen LogP contribution in [0.15, 0.2) is 18.2 Å². The van der Waals surface area contributed by atoms with E-state index in [4.69, 9.17) is 5.26 Å². The number of nitro groups is 1. The minimum atomic E-state index is -0.438. The van der Waals surface area contributed by atoms with Crippen LogP contribution in [0, 0.1) is 33.3 Å². The van der Waals surface area contributed by atoms with Crippen LogP contribution in [0.3, 0.4) is 0 Å². The van der Waals surface area contributed by atoms with Crippen molar-refractivity contribution in [3.63, 3.8) is 0 Å². The Morgan fingerprint density at radius 2 is 2.20 bits per heavy atom. The molecule has 0 saturated carbocycles. The SMILES string of the molecule is N#Cc1cccc(N2CCC3CNCC3C2)c1[N+](=O)[O-]. The van der Waals surface area contributed by atoms with Gasteiger partial charge in [-0.1, -0.05) is 6.07 Å². The molecule has 2 saturated heterocycles. The number of nitro benzene ring substituents is 1. The average Bonchev–Trinajstić information content (AvgIpc) is 2.93. The summed E-state index contributed by atoms with van der Waals surface area (Å²) >= 11 is 0. The molecule has 3 rings (SSSR count). The van der Waals surface area contributed by atoms with E-state index in [1.165, 1.54) is 6.07 Å². The molecule has 0 radical (unpaired) electrons. The minimum absolute atomic E-state index is 0.0561. The highest BCUT2D eigenvalue weighted by Gasteiger charge is 2.35. The normalized spacial score (nSPS) is 25.1. The third-order valence-corrected chi connectivity index (χ3v) is 4.36. The lowest BCUT2D eigenvalue weighted by molar-refractivity contribution is -0.384. The lowest BCUT2D eigenvalue weighted by atomic mass is 9.88. The molecular weight excluding hydrogens is 256 g/mol. The van der Waals surface area contributed by atoms with Gasteiger partial charge in [-0.2, -0.15) is 5.26 Å². The topological polar surface area (TPSA) is 82.2 Å². The zero-order valence-corrected chi connectivity index (χ0v) is 11.1. The molecule has 0 spiro atoms. The second-order valence-electron chi connectivity index (χ2n) is 5.46. The van der Waals surface area contributed by atoms with E-state index in [9.17, 15) is 10.1 Å². The summed E-state index contributed by atoms with van der Waals surface area (Å²) in [4.78, 5) is 12.9. The van der Waals surface area contributed by atoms with Gasteiger partial charge in [-0.05, 0) is 43.5 Å². The molecule has 0 aliphatic carbocycles. The van der Waals surface area contributed by atoms with Crippen LogP contribution in [-0.2, 0) is 0 Å². The second kappa shape index (κ2) is 5.10. The summed E-state index contributed by atoms with van der Waals surface area (Å²) in [7, 11) is 0. The Balaban J connectivity index is 1.94. The van der Waals surface area contributed by atoms with Gasteiger partial charge in [0.2, 0.25) is 0 Å². The molecule has 1 aromatic rings. The first-order valence-corrected chi connectivity index (χ1v) is 6.84. The van der Waals surface area contributed by atoms with Gasteiger partial charge in [0.05, 0.1) is 4.92 Å². The van der Waals surface area contributed by atoms with E-state index in [2.05, 4.69) is 10.2 Å². The number of benzene rings is 1. The number of anilines is 1. The first-order valence-electron chi connectivity index (χ1n) is 6.84. The smallest absolute Gasteiger partial charge is 0.310 e. The molecule has 2 atom stereocenters. The van der Waals surface area contributed by atoms with E-state index in [1.807, 2.05) is 6.07 Å². The van der Waals surface area contributed by atoms with Crippen LogP contribution >= 0.6 is 0 Å². The Morgan fingerprint density at radius 1 is 1.40 bits per heavy atom. The molecule has 2 aliphatic rings. The van der Waals surface area contributed by atoms with Crippen LogP contribution in [0.25, 0.3) is 0 Å². The molecular formula is C14H16N4O2. The maximum atomic E-state index is 11.3. The highest BCUT2D eigenvalue weighted by molar-refractivity contribution is 5.70. The van der Waals surface area contributed by atoms with E-state index < -0.39 is 4.92 Å². The molecule has 2 fully saturated rings. The molecule has 104 valence electrons. The maximum Gasteiger partial charge on any atom is 0.310 e. The molecule has 1 aromatic carbocycles. The molecule has 2 unspecified atom stereocenters. The van der Waals surface area contributed by atoms with Crippen LogP contribution in [0.4, 0.5) is 11.4 Å². The Morgan fingerprint density at radius 3 is 2.95 bits per heavy atom. The van der Waals surface area contributed by atoms with Gasteiger partial charge < -0.3 is 10.2 Å². The largest absolute Gasteiger partial charge is 0.366 e. The molecule has 20 heavy (non-hydrogen) atoms. The summed E-state index contributed by atoms with van der Waals surface area (Å²) < 4.78 is 0. The first-order chi connectivity index (χ1) is 9.70. The molecule has 0 amide bonds. The van der Waals surface area contributed by atoms with E-state index in [0.29, 0.717) is 17.5 Å². The van der Waals surface area contributed by atoms with Gasteiger partial charge in [-0.15, -0.1) is 0 Å². The predicted octanol–water partition coefficient (Wildman–Crippen LogP) is 1.51. The average molecular weight is 272 g/mol. The Bertz CT molecular complexity index is 581. The standard InChI is InChI=1S/C14H16N4O2/c15-6-10-2-1-3-13(14(10)18(19)20)17-5-4-11-7-16-8-12(11)9-17/h1-3,11-12,16H,4-5,7-9H2. The van der Waals surface area contributed by atoms with Gasteiger partial charge in [0.15, 0.2) is 0 Å². The van der Waals surface area contributed by atoms with Crippen LogP contribution in [0.2, 0.25) is 0 Å². The van der Waals surface area contributed by atoms with Crippen molar-refractivity contribution >= 4 is 11.4 Å². The maximum absolute atomic E-state index is 11.3. The number of para-hydroxylation sites is 1. The van der Waals surface area contributed by atoms with Gasteiger partial charge in [-0.25, -0.2) is 0 Å². The predicted molar refractivity (Wildman–Crippen MR) is 74.5 cm³/mol. The molecule has 1 N–H and O–H groups in total. The lowest BCUT2D eigenvalue weighted by Gasteiger charge is -2.35. The Kier molecular flexibility index (Phi) is 3.28. The number of hydrogen-bond acceptors (Lipinski definition) is 5. The molecule has 6 nitrogen and oxygen atoms in total. The van der Waals surface area contributed by atoms with E-state index in [1.54, 1.807) is 12.1 Å². The summed E-state index contributed by atoms with van der Waals surface area (Å²) in [6.07, 6.45) is 1.05.